The lowest BCUT2D eigenvalue weighted by Gasteiger charge is -2.32. The molecule has 1 fully saturated rings. The van der Waals surface area contributed by atoms with Gasteiger partial charge in [-0.15, -0.1) is 0 Å². The molecule has 0 radical (unpaired) electrons. The molecule has 0 aliphatic carbocycles. The summed E-state index contributed by atoms with van der Waals surface area (Å²) >= 11 is 12.2. The number of nitrogens with zero attached hydrogens (tertiary/aromatic N) is 5. The Bertz CT molecular complexity index is 929. The van der Waals surface area contributed by atoms with Gasteiger partial charge in [0.05, 0.1) is 12.4 Å². The first kappa shape index (κ1) is 19.2. The molecule has 0 saturated carbocycles. The standard InChI is InChI=1S/C20H22Cl2N6/c1-14-24-4-7-28(14)20-12-23-11-19(26-20)25-18-2-5-27(6-3-18)13-15-8-16(21)10-17(22)9-15/h4,7-12,18H,2-3,5-6,13H2,1H3,(H,25,26). The number of nitrogens with one attached hydrogen (secondary N) is 1. The zero-order valence-electron chi connectivity index (χ0n) is 15.6. The molecular formula is C20H22Cl2N6. The molecule has 1 saturated heterocycles. The number of hydrogen-bond donors (Lipinski definition) is 1. The number of hydrogen-bond acceptors (Lipinski definition) is 5. The predicted octanol–water partition coefficient (Wildman–Crippen LogP) is 4.35. The van der Waals surface area contributed by atoms with E-state index in [9.17, 15) is 0 Å². The first-order valence-electron chi connectivity index (χ1n) is 9.33. The van der Waals surface area contributed by atoms with Gasteiger partial charge >= 0.3 is 0 Å². The molecule has 8 heteroatoms. The van der Waals surface area contributed by atoms with E-state index in [1.807, 2.05) is 29.8 Å². The van der Waals surface area contributed by atoms with E-state index in [1.165, 1.54) is 0 Å². The number of likely N-dealkylation sites (tertiary alicyclic amines) is 1. The highest BCUT2D eigenvalue weighted by Gasteiger charge is 2.20. The average molecular weight is 417 g/mol. The molecule has 1 N–H and O–H groups in total. The van der Waals surface area contributed by atoms with E-state index in [0.29, 0.717) is 16.1 Å². The van der Waals surface area contributed by atoms with E-state index < -0.39 is 0 Å². The largest absolute Gasteiger partial charge is 0.366 e. The summed E-state index contributed by atoms with van der Waals surface area (Å²) in [6.45, 7) is 4.83. The molecule has 0 unspecified atom stereocenters. The zero-order valence-corrected chi connectivity index (χ0v) is 17.2. The summed E-state index contributed by atoms with van der Waals surface area (Å²) < 4.78 is 1.93. The number of aromatic nitrogens is 4. The Kier molecular flexibility index (Phi) is 5.80. The highest BCUT2D eigenvalue weighted by atomic mass is 35.5. The van der Waals surface area contributed by atoms with Gasteiger partial charge in [0.15, 0.2) is 5.82 Å². The van der Waals surface area contributed by atoms with E-state index in [2.05, 4.69) is 25.2 Å². The molecule has 0 bridgehead atoms. The number of aryl methyl sites for hydroxylation is 1. The van der Waals surface area contributed by atoms with Crippen LogP contribution in [0.4, 0.5) is 5.82 Å². The molecule has 0 spiro atoms. The van der Waals surface area contributed by atoms with Crippen LogP contribution in [0.1, 0.15) is 24.2 Å². The lowest BCUT2D eigenvalue weighted by atomic mass is 10.0. The number of benzene rings is 1. The summed E-state index contributed by atoms with van der Waals surface area (Å²) in [7, 11) is 0. The van der Waals surface area contributed by atoms with E-state index in [0.717, 1.165) is 55.5 Å². The Balaban J connectivity index is 1.34. The fourth-order valence-electron chi connectivity index (χ4n) is 3.57. The van der Waals surface area contributed by atoms with E-state index >= 15 is 0 Å². The van der Waals surface area contributed by atoms with Crippen molar-refractivity contribution in [1.29, 1.82) is 0 Å². The smallest absolute Gasteiger partial charge is 0.159 e. The van der Waals surface area contributed by atoms with Gasteiger partial charge < -0.3 is 5.32 Å². The first-order valence-corrected chi connectivity index (χ1v) is 10.1. The van der Waals surface area contributed by atoms with Crippen molar-refractivity contribution in [2.75, 3.05) is 18.4 Å². The highest BCUT2D eigenvalue weighted by Crippen LogP contribution is 2.22. The molecule has 6 nitrogen and oxygen atoms in total. The number of imidazole rings is 1. The lowest BCUT2D eigenvalue weighted by molar-refractivity contribution is 0.211. The lowest BCUT2D eigenvalue weighted by Crippen LogP contribution is -2.38. The Morgan fingerprint density at radius 1 is 1.11 bits per heavy atom. The minimum Gasteiger partial charge on any atom is -0.366 e. The summed E-state index contributed by atoms with van der Waals surface area (Å²) in [6.07, 6.45) is 9.27. The van der Waals surface area contributed by atoms with Gasteiger partial charge in [-0.1, -0.05) is 23.2 Å². The van der Waals surface area contributed by atoms with E-state index in [4.69, 9.17) is 23.2 Å². The van der Waals surface area contributed by atoms with Crippen LogP contribution in [0.3, 0.4) is 0 Å². The van der Waals surface area contributed by atoms with Crippen LogP contribution in [0.2, 0.25) is 10.0 Å². The van der Waals surface area contributed by atoms with Gasteiger partial charge in [0, 0.05) is 48.1 Å². The topological polar surface area (TPSA) is 58.9 Å². The molecule has 1 aliphatic rings. The van der Waals surface area contributed by atoms with Crippen molar-refractivity contribution in [3.63, 3.8) is 0 Å². The monoisotopic (exact) mass is 416 g/mol. The molecule has 0 atom stereocenters. The van der Waals surface area contributed by atoms with Gasteiger partial charge in [0.2, 0.25) is 0 Å². The maximum atomic E-state index is 6.11. The molecule has 1 aromatic carbocycles. The third kappa shape index (κ3) is 4.63. The minimum absolute atomic E-state index is 0.382. The van der Waals surface area contributed by atoms with Crippen LogP contribution >= 0.6 is 23.2 Å². The van der Waals surface area contributed by atoms with Crippen LogP contribution in [0.25, 0.3) is 5.82 Å². The first-order chi connectivity index (χ1) is 13.6. The molecule has 4 rings (SSSR count). The van der Waals surface area contributed by atoms with Crippen molar-refractivity contribution in [3.05, 3.63) is 64.4 Å². The molecule has 1 aliphatic heterocycles. The summed E-state index contributed by atoms with van der Waals surface area (Å²) in [5.41, 5.74) is 1.15. The van der Waals surface area contributed by atoms with Crippen molar-refractivity contribution in [2.24, 2.45) is 0 Å². The van der Waals surface area contributed by atoms with E-state index in [1.54, 1.807) is 24.7 Å². The van der Waals surface area contributed by atoms with Gasteiger partial charge in [0.25, 0.3) is 0 Å². The maximum absolute atomic E-state index is 6.11. The predicted molar refractivity (Wildman–Crippen MR) is 112 cm³/mol. The van der Waals surface area contributed by atoms with E-state index in [-0.39, 0.29) is 0 Å². The Morgan fingerprint density at radius 3 is 2.54 bits per heavy atom. The molecule has 2 aromatic heterocycles. The second-order valence-electron chi connectivity index (χ2n) is 7.08. The number of piperidine rings is 1. The van der Waals surface area contributed by atoms with Crippen molar-refractivity contribution in [1.82, 2.24) is 24.4 Å². The quantitative estimate of drug-likeness (QED) is 0.669. The van der Waals surface area contributed by atoms with Crippen molar-refractivity contribution < 1.29 is 0 Å². The Hall–Kier alpha value is -2.15. The normalized spacial score (nSPS) is 15.7. The van der Waals surface area contributed by atoms with Crippen LogP contribution in [-0.4, -0.2) is 43.6 Å². The number of halogens is 2. The van der Waals surface area contributed by atoms with Crippen molar-refractivity contribution in [3.8, 4) is 5.82 Å². The number of rotatable bonds is 5. The molecule has 28 heavy (non-hydrogen) atoms. The molecule has 146 valence electrons. The molecule has 3 aromatic rings. The Morgan fingerprint density at radius 2 is 1.86 bits per heavy atom. The summed E-state index contributed by atoms with van der Waals surface area (Å²) in [6, 6.07) is 6.12. The Labute approximate surface area is 174 Å². The fourth-order valence-corrected chi connectivity index (χ4v) is 4.14. The van der Waals surface area contributed by atoms with Crippen LogP contribution in [0.15, 0.2) is 43.0 Å². The molecule has 0 amide bonds. The van der Waals surface area contributed by atoms with Crippen LogP contribution < -0.4 is 5.32 Å². The van der Waals surface area contributed by atoms with Gasteiger partial charge in [-0.25, -0.2) is 9.97 Å². The van der Waals surface area contributed by atoms with Crippen LogP contribution in [-0.2, 0) is 6.54 Å². The SMILES string of the molecule is Cc1nccn1-c1cncc(NC2CCN(Cc3cc(Cl)cc(Cl)c3)CC2)n1. The zero-order chi connectivity index (χ0) is 19.5. The van der Waals surface area contributed by atoms with Crippen LogP contribution in [0, 0.1) is 6.92 Å². The molecular weight excluding hydrogens is 395 g/mol. The minimum atomic E-state index is 0.382. The average Bonchev–Trinajstić information content (AvgIpc) is 3.09. The summed E-state index contributed by atoms with van der Waals surface area (Å²) in [5.74, 6) is 2.46. The van der Waals surface area contributed by atoms with Crippen molar-refractivity contribution >= 4 is 29.0 Å². The second-order valence-corrected chi connectivity index (χ2v) is 7.95. The third-order valence-corrected chi connectivity index (χ3v) is 5.40. The second kappa shape index (κ2) is 8.47. The van der Waals surface area contributed by atoms with Gasteiger partial charge in [-0.2, -0.15) is 0 Å². The maximum Gasteiger partial charge on any atom is 0.159 e. The van der Waals surface area contributed by atoms with Crippen LogP contribution in [0.5, 0.6) is 0 Å². The highest BCUT2D eigenvalue weighted by molar-refractivity contribution is 6.34. The van der Waals surface area contributed by atoms with Crippen molar-refractivity contribution in [2.45, 2.75) is 32.4 Å². The summed E-state index contributed by atoms with van der Waals surface area (Å²) in [4.78, 5) is 15.7. The fraction of sp³-hybridized carbons (Fsp3) is 0.350. The van der Waals surface area contributed by atoms with Gasteiger partial charge in [-0.3, -0.25) is 14.5 Å². The van der Waals surface area contributed by atoms with Gasteiger partial charge in [0.1, 0.15) is 11.6 Å². The summed E-state index contributed by atoms with van der Waals surface area (Å²) in [5, 5.41) is 4.90. The van der Waals surface area contributed by atoms with Gasteiger partial charge in [-0.05, 0) is 43.5 Å². The third-order valence-electron chi connectivity index (χ3n) is 4.96. The number of anilines is 1. The molecule has 3 heterocycles.